The van der Waals surface area contributed by atoms with Crippen molar-refractivity contribution in [3.05, 3.63) is 64.2 Å². The van der Waals surface area contributed by atoms with E-state index in [0.29, 0.717) is 40.0 Å². The molecule has 0 spiro atoms. The average molecular weight is 467 g/mol. The minimum atomic E-state index is -1.52. The fraction of sp³-hybridized carbons (Fsp3) is 0.360. The Hall–Kier alpha value is -3.15. The summed E-state index contributed by atoms with van der Waals surface area (Å²) < 4.78 is 16.4. The third-order valence-electron chi connectivity index (χ3n) is 5.91. The summed E-state index contributed by atoms with van der Waals surface area (Å²) >= 11 is 1.32. The number of fused-ring (bicyclic) bond motifs is 1. The number of carbonyl (C=O) groups is 1. The first-order valence-electron chi connectivity index (χ1n) is 10.7. The van der Waals surface area contributed by atoms with Gasteiger partial charge in [0.1, 0.15) is 5.75 Å². The molecule has 1 N–H and O–H groups in total. The maximum absolute atomic E-state index is 13.3. The molecule has 1 amide bonds. The number of hydrogen-bond donors (Lipinski definition) is 1. The van der Waals surface area contributed by atoms with Gasteiger partial charge in [-0.2, -0.15) is 5.26 Å². The first-order chi connectivity index (χ1) is 16.0. The van der Waals surface area contributed by atoms with Crippen molar-refractivity contribution in [2.45, 2.75) is 31.4 Å². The predicted molar refractivity (Wildman–Crippen MR) is 125 cm³/mol. The van der Waals surface area contributed by atoms with Crippen LogP contribution in [0.25, 0.3) is 0 Å². The normalized spacial score (nSPS) is 22.1. The Bertz CT molecular complexity index is 1120. The number of aliphatic hydroxyl groups is 1. The molecule has 1 fully saturated rings. The van der Waals surface area contributed by atoms with Crippen molar-refractivity contribution in [3.8, 4) is 23.3 Å². The minimum Gasteiger partial charge on any atom is -0.497 e. The minimum absolute atomic E-state index is 0.0732. The highest BCUT2D eigenvalue weighted by Crippen LogP contribution is 2.52. The van der Waals surface area contributed by atoms with E-state index in [2.05, 4.69) is 6.07 Å². The number of carbonyl (C=O) groups excluding carboxylic acids is 1. The highest BCUT2D eigenvalue weighted by molar-refractivity contribution is 8.03. The number of ether oxygens (including phenoxy) is 3. The van der Waals surface area contributed by atoms with E-state index >= 15 is 0 Å². The topological polar surface area (TPSA) is 92.0 Å². The Morgan fingerprint density at radius 1 is 1.18 bits per heavy atom. The molecular formula is C25H26N2O5S. The highest BCUT2D eigenvalue weighted by Gasteiger charge is 2.51. The van der Waals surface area contributed by atoms with Gasteiger partial charge in [0.2, 0.25) is 5.91 Å². The largest absolute Gasteiger partial charge is 0.497 e. The van der Waals surface area contributed by atoms with Crippen LogP contribution in [0, 0.1) is 11.3 Å². The number of benzene rings is 2. The summed E-state index contributed by atoms with van der Waals surface area (Å²) in [6, 6.07) is 14.8. The molecule has 0 radical (unpaired) electrons. The van der Waals surface area contributed by atoms with Crippen molar-refractivity contribution in [2.24, 2.45) is 0 Å². The van der Waals surface area contributed by atoms with Gasteiger partial charge in [-0.05, 0) is 36.2 Å². The van der Waals surface area contributed by atoms with Gasteiger partial charge >= 0.3 is 0 Å². The highest BCUT2D eigenvalue weighted by atomic mass is 32.2. The summed E-state index contributed by atoms with van der Waals surface area (Å²) in [7, 11) is 3.14. The monoisotopic (exact) mass is 466 g/mol. The zero-order valence-electron chi connectivity index (χ0n) is 18.8. The third kappa shape index (κ3) is 4.03. The summed E-state index contributed by atoms with van der Waals surface area (Å²) in [6.07, 6.45) is 0.945. The number of thioether (sulfide) groups is 1. The van der Waals surface area contributed by atoms with E-state index in [1.807, 2.05) is 25.1 Å². The number of amides is 1. The van der Waals surface area contributed by atoms with Crippen molar-refractivity contribution in [1.29, 1.82) is 5.26 Å². The number of nitrogens with zero attached hydrogens (tertiary/aromatic N) is 2. The Labute approximate surface area is 197 Å². The molecule has 0 aliphatic carbocycles. The molecule has 2 aliphatic heterocycles. The Kier molecular flexibility index (Phi) is 6.54. The van der Waals surface area contributed by atoms with Gasteiger partial charge in [-0.3, -0.25) is 9.69 Å². The van der Waals surface area contributed by atoms with E-state index in [-0.39, 0.29) is 18.1 Å². The van der Waals surface area contributed by atoms with E-state index in [4.69, 9.17) is 14.2 Å². The predicted octanol–water partition coefficient (Wildman–Crippen LogP) is 4.14. The molecule has 172 valence electrons. The molecule has 33 heavy (non-hydrogen) atoms. The van der Waals surface area contributed by atoms with Crippen molar-refractivity contribution in [1.82, 2.24) is 4.90 Å². The molecule has 2 aliphatic rings. The Balaban J connectivity index is 1.72. The zero-order valence-corrected chi connectivity index (χ0v) is 19.6. The number of nitriles is 1. The van der Waals surface area contributed by atoms with Crippen LogP contribution in [0.1, 0.15) is 36.8 Å². The Morgan fingerprint density at radius 2 is 1.94 bits per heavy atom. The van der Waals surface area contributed by atoms with Crippen LogP contribution >= 0.6 is 11.8 Å². The van der Waals surface area contributed by atoms with Gasteiger partial charge in [0.05, 0.1) is 43.3 Å². The van der Waals surface area contributed by atoms with E-state index in [1.54, 1.807) is 38.5 Å². The quantitative estimate of drug-likeness (QED) is 0.656. The number of methoxy groups -OCH3 is 2. The average Bonchev–Trinajstić information content (AvgIpc) is 3.21. The van der Waals surface area contributed by atoms with E-state index in [9.17, 15) is 15.2 Å². The van der Waals surface area contributed by atoms with Gasteiger partial charge in [0, 0.05) is 17.9 Å². The third-order valence-corrected chi connectivity index (χ3v) is 7.14. The van der Waals surface area contributed by atoms with E-state index in [1.165, 1.54) is 16.7 Å². The lowest BCUT2D eigenvalue weighted by Gasteiger charge is -2.38. The molecule has 1 saturated heterocycles. The first-order valence-corrected chi connectivity index (χ1v) is 11.7. The fourth-order valence-corrected chi connectivity index (χ4v) is 5.57. The van der Waals surface area contributed by atoms with Crippen LogP contribution in [0.4, 0.5) is 0 Å². The SMILES string of the molecule is CCCOc1ccc([C@@H]2CC(=O)N3C(=C2C#N)SC[C@@]3(O)c2ccc(OC)cc2)cc1OC. The summed E-state index contributed by atoms with van der Waals surface area (Å²) in [5.41, 5.74) is 0.321. The summed E-state index contributed by atoms with van der Waals surface area (Å²) in [5, 5.41) is 22.1. The van der Waals surface area contributed by atoms with Crippen molar-refractivity contribution in [3.63, 3.8) is 0 Å². The van der Waals surface area contributed by atoms with Crippen LogP contribution in [-0.2, 0) is 10.5 Å². The molecule has 0 aromatic heterocycles. The lowest BCUT2D eigenvalue weighted by Crippen LogP contribution is -2.48. The second-order valence-corrected chi connectivity index (χ2v) is 8.87. The number of allylic oxidation sites excluding steroid dienone is 1. The molecule has 2 aromatic carbocycles. The standard InChI is InChI=1S/C25H26N2O5S/c1-4-11-32-21-10-5-16(12-22(21)31-3)19-13-23(28)27-24(20(19)14-26)33-15-25(27,29)17-6-8-18(30-2)9-7-17/h5-10,12,19,29H,4,11,13,15H2,1-3H3/t19-,25+/m0/s1. The molecule has 0 saturated carbocycles. The van der Waals surface area contributed by atoms with Gasteiger partial charge in [-0.25, -0.2) is 0 Å². The maximum atomic E-state index is 13.3. The molecule has 8 heteroatoms. The van der Waals surface area contributed by atoms with Crippen LogP contribution in [0.5, 0.6) is 17.2 Å². The van der Waals surface area contributed by atoms with Crippen LogP contribution in [0.2, 0.25) is 0 Å². The molecule has 0 unspecified atom stereocenters. The number of hydrogen-bond acceptors (Lipinski definition) is 7. The smallest absolute Gasteiger partial charge is 0.231 e. The Morgan fingerprint density at radius 3 is 2.58 bits per heavy atom. The lowest BCUT2D eigenvalue weighted by molar-refractivity contribution is -0.149. The van der Waals surface area contributed by atoms with Gasteiger partial charge in [0.15, 0.2) is 17.2 Å². The summed E-state index contributed by atoms with van der Waals surface area (Å²) in [5.74, 6) is 1.43. The fourth-order valence-electron chi connectivity index (χ4n) is 4.21. The summed E-state index contributed by atoms with van der Waals surface area (Å²) in [6.45, 7) is 2.60. The van der Waals surface area contributed by atoms with Gasteiger partial charge in [-0.15, -0.1) is 11.8 Å². The molecule has 2 atom stereocenters. The van der Waals surface area contributed by atoms with E-state index < -0.39 is 11.6 Å². The maximum Gasteiger partial charge on any atom is 0.231 e. The lowest BCUT2D eigenvalue weighted by atomic mass is 9.85. The molecule has 7 nitrogen and oxygen atoms in total. The summed E-state index contributed by atoms with van der Waals surface area (Å²) in [4.78, 5) is 14.7. The molecule has 2 heterocycles. The zero-order chi connectivity index (χ0) is 23.6. The van der Waals surface area contributed by atoms with Crippen LogP contribution in [-0.4, -0.2) is 42.5 Å². The van der Waals surface area contributed by atoms with Crippen LogP contribution in [0.3, 0.4) is 0 Å². The number of rotatable bonds is 7. The second-order valence-electron chi connectivity index (χ2n) is 7.91. The van der Waals surface area contributed by atoms with Crippen LogP contribution in [0.15, 0.2) is 53.1 Å². The van der Waals surface area contributed by atoms with E-state index in [0.717, 1.165) is 12.0 Å². The molecule has 2 aromatic rings. The van der Waals surface area contributed by atoms with Gasteiger partial charge in [0.25, 0.3) is 0 Å². The van der Waals surface area contributed by atoms with Crippen molar-refractivity contribution < 1.29 is 24.1 Å². The molecular weight excluding hydrogens is 440 g/mol. The molecule has 4 rings (SSSR count). The molecule has 0 bridgehead atoms. The van der Waals surface area contributed by atoms with Crippen molar-refractivity contribution in [2.75, 3.05) is 26.6 Å². The van der Waals surface area contributed by atoms with Crippen LogP contribution < -0.4 is 14.2 Å². The second kappa shape index (κ2) is 9.38. The van der Waals surface area contributed by atoms with Crippen molar-refractivity contribution >= 4 is 17.7 Å². The first kappa shape index (κ1) is 23.0. The van der Waals surface area contributed by atoms with Gasteiger partial charge in [-0.1, -0.05) is 25.1 Å². The van der Waals surface area contributed by atoms with Gasteiger partial charge < -0.3 is 19.3 Å².